The number of hydrogen-bond donors (Lipinski definition) is 1. The minimum atomic E-state index is 0. The molecule has 0 aliphatic heterocycles. The Morgan fingerprint density at radius 2 is 1.80 bits per heavy atom. The fraction of sp³-hybridized carbons (Fsp3) is 0.136. The lowest BCUT2D eigenvalue weighted by atomic mass is 10.1. The van der Waals surface area contributed by atoms with Crippen molar-refractivity contribution in [2.45, 2.75) is 13.0 Å². The van der Waals surface area contributed by atoms with Gasteiger partial charge in [-0.05, 0) is 24.6 Å². The molecule has 0 bridgehead atoms. The number of nitrogens with one attached hydrogen (secondary N) is 1. The Morgan fingerprint density at radius 1 is 0.967 bits per heavy atom. The molecule has 0 amide bonds. The lowest BCUT2D eigenvalue weighted by molar-refractivity contribution is 0.717. The van der Waals surface area contributed by atoms with Crippen LogP contribution in [0.15, 0.2) is 67.3 Å². The van der Waals surface area contributed by atoms with Gasteiger partial charge in [-0.3, -0.25) is 5.10 Å². The summed E-state index contributed by atoms with van der Waals surface area (Å²) >= 11 is 0. The molecule has 8 heteroatoms. The highest BCUT2D eigenvalue weighted by Gasteiger charge is 2.15. The Labute approximate surface area is 179 Å². The van der Waals surface area contributed by atoms with Gasteiger partial charge in [0, 0.05) is 24.2 Å². The van der Waals surface area contributed by atoms with Crippen LogP contribution in [0.3, 0.4) is 0 Å². The van der Waals surface area contributed by atoms with Gasteiger partial charge in [-0.15, -0.1) is 12.4 Å². The first-order chi connectivity index (χ1) is 14.2. The van der Waals surface area contributed by atoms with Gasteiger partial charge in [0.1, 0.15) is 6.33 Å². The van der Waals surface area contributed by atoms with Crippen LogP contribution < -0.4 is 4.90 Å². The van der Waals surface area contributed by atoms with E-state index in [9.17, 15) is 0 Å². The van der Waals surface area contributed by atoms with Gasteiger partial charge in [-0.2, -0.15) is 5.10 Å². The predicted molar refractivity (Wildman–Crippen MR) is 121 cm³/mol. The van der Waals surface area contributed by atoms with E-state index < -0.39 is 0 Å². The molecule has 30 heavy (non-hydrogen) atoms. The number of fused-ring (bicyclic) bond motifs is 2. The molecule has 5 aromatic rings. The van der Waals surface area contributed by atoms with Crippen molar-refractivity contribution in [3.8, 4) is 11.3 Å². The van der Waals surface area contributed by atoms with Gasteiger partial charge in [0.2, 0.25) is 5.95 Å². The number of anilines is 1. The third-order valence-corrected chi connectivity index (χ3v) is 5.27. The average Bonchev–Trinajstić information content (AvgIpc) is 3.27. The Kier molecular flexibility index (Phi) is 5.29. The zero-order chi connectivity index (χ0) is 19.8. The largest absolute Gasteiger partial charge is 0.337 e. The van der Waals surface area contributed by atoms with Gasteiger partial charge in [0.25, 0.3) is 0 Å². The smallest absolute Gasteiger partial charge is 0.226 e. The van der Waals surface area contributed by atoms with Crippen LogP contribution in [0.25, 0.3) is 33.2 Å². The van der Waals surface area contributed by atoms with Crippen LogP contribution in [0.5, 0.6) is 0 Å². The quantitative estimate of drug-likeness (QED) is 0.460. The Bertz CT molecular complexity index is 1300. The number of H-pyrrole nitrogens is 1. The summed E-state index contributed by atoms with van der Waals surface area (Å²) < 4.78 is 0. The van der Waals surface area contributed by atoms with Crippen LogP contribution in [0.2, 0.25) is 0 Å². The number of nitrogens with zero attached hydrogens (tertiary/aromatic N) is 6. The highest BCUT2D eigenvalue weighted by molar-refractivity contribution is 5.93. The lowest BCUT2D eigenvalue weighted by Gasteiger charge is -2.25. The zero-order valence-corrected chi connectivity index (χ0v) is 17.3. The summed E-state index contributed by atoms with van der Waals surface area (Å²) in [5.41, 5.74) is 4.65. The molecular weight excluding hydrogens is 398 g/mol. The molecule has 0 spiro atoms. The van der Waals surface area contributed by atoms with Crippen LogP contribution in [0, 0.1) is 0 Å². The maximum absolute atomic E-state index is 4.77. The van der Waals surface area contributed by atoms with E-state index in [1.807, 2.05) is 43.6 Å². The number of hydrogen-bond acceptors (Lipinski definition) is 6. The molecule has 0 saturated heterocycles. The normalized spacial score (nSPS) is 11.9. The molecule has 0 aliphatic rings. The number of rotatable bonds is 4. The van der Waals surface area contributed by atoms with Crippen LogP contribution in [0.1, 0.15) is 18.5 Å². The minimum absolute atomic E-state index is 0. The van der Waals surface area contributed by atoms with E-state index in [-0.39, 0.29) is 18.4 Å². The van der Waals surface area contributed by atoms with Crippen molar-refractivity contribution in [3.63, 3.8) is 0 Å². The average molecular weight is 418 g/mol. The molecule has 7 nitrogen and oxygen atoms in total. The molecule has 1 unspecified atom stereocenters. The van der Waals surface area contributed by atoms with E-state index in [1.54, 1.807) is 12.5 Å². The molecule has 0 aliphatic carbocycles. The second-order valence-corrected chi connectivity index (χ2v) is 7.00. The first-order valence-electron chi connectivity index (χ1n) is 9.40. The molecule has 0 saturated carbocycles. The zero-order valence-electron chi connectivity index (χ0n) is 16.5. The standard InChI is InChI=1S/C22H19N7.ClH/c1-14(15-6-4-3-5-7-15)29(2)22-23-11-17-10-16(8-9-19(17)27-22)20-18-12-26-28-21(18)25-13-24-20;/h3-14H,1-2H3,(H,24,25,26,28);1H. The van der Waals surface area contributed by atoms with Gasteiger partial charge in [0.05, 0.1) is 28.8 Å². The Balaban J connectivity index is 0.00000218. The predicted octanol–water partition coefficient (Wildman–Crippen LogP) is 4.58. The third-order valence-electron chi connectivity index (χ3n) is 5.27. The summed E-state index contributed by atoms with van der Waals surface area (Å²) in [7, 11) is 2.02. The van der Waals surface area contributed by atoms with E-state index in [0.717, 1.165) is 33.2 Å². The van der Waals surface area contributed by atoms with Crippen molar-refractivity contribution in [2.75, 3.05) is 11.9 Å². The van der Waals surface area contributed by atoms with Crippen LogP contribution in [0.4, 0.5) is 5.95 Å². The second kappa shape index (κ2) is 8.04. The SMILES string of the molecule is CC(c1ccccc1)N(C)c1ncc2cc(-c3ncnc4[nH]ncc34)ccc2n1.Cl. The number of benzene rings is 2. The maximum Gasteiger partial charge on any atom is 0.226 e. The van der Waals surface area contributed by atoms with Crippen LogP contribution in [-0.4, -0.2) is 37.2 Å². The van der Waals surface area contributed by atoms with E-state index in [1.165, 1.54) is 5.56 Å². The first kappa shape index (κ1) is 19.7. The molecule has 1 atom stereocenters. The van der Waals surface area contributed by atoms with Crippen molar-refractivity contribution in [3.05, 3.63) is 72.8 Å². The maximum atomic E-state index is 4.77. The van der Waals surface area contributed by atoms with Crippen LogP contribution >= 0.6 is 12.4 Å². The van der Waals surface area contributed by atoms with E-state index in [2.05, 4.69) is 55.2 Å². The summed E-state index contributed by atoms with van der Waals surface area (Å²) in [6.45, 7) is 2.15. The van der Waals surface area contributed by atoms with Crippen molar-refractivity contribution >= 4 is 40.3 Å². The van der Waals surface area contributed by atoms with Crippen molar-refractivity contribution in [1.29, 1.82) is 0 Å². The summed E-state index contributed by atoms with van der Waals surface area (Å²) in [4.78, 5) is 20.1. The summed E-state index contributed by atoms with van der Waals surface area (Å²) in [5, 5.41) is 8.79. The minimum Gasteiger partial charge on any atom is -0.337 e. The molecule has 0 radical (unpaired) electrons. The molecule has 3 heterocycles. The van der Waals surface area contributed by atoms with Gasteiger partial charge in [0.15, 0.2) is 5.65 Å². The summed E-state index contributed by atoms with van der Waals surface area (Å²) in [5.74, 6) is 0.695. The van der Waals surface area contributed by atoms with Crippen molar-refractivity contribution < 1.29 is 0 Å². The van der Waals surface area contributed by atoms with Gasteiger partial charge >= 0.3 is 0 Å². The van der Waals surface area contributed by atoms with E-state index in [0.29, 0.717) is 5.95 Å². The molecule has 5 rings (SSSR count). The van der Waals surface area contributed by atoms with Gasteiger partial charge < -0.3 is 4.90 Å². The van der Waals surface area contributed by atoms with Gasteiger partial charge in [-0.25, -0.2) is 19.9 Å². The fourth-order valence-corrected chi connectivity index (χ4v) is 3.46. The Morgan fingerprint density at radius 3 is 2.63 bits per heavy atom. The highest BCUT2D eigenvalue weighted by atomic mass is 35.5. The second-order valence-electron chi connectivity index (χ2n) is 7.00. The van der Waals surface area contributed by atoms with Crippen molar-refractivity contribution in [1.82, 2.24) is 30.1 Å². The Hall–Kier alpha value is -3.58. The van der Waals surface area contributed by atoms with Crippen LogP contribution in [-0.2, 0) is 0 Å². The summed E-state index contributed by atoms with van der Waals surface area (Å²) in [6.07, 6.45) is 5.15. The molecule has 2 aromatic carbocycles. The molecule has 1 N–H and O–H groups in total. The monoisotopic (exact) mass is 417 g/mol. The number of aromatic nitrogens is 6. The number of aromatic amines is 1. The highest BCUT2D eigenvalue weighted by Crippen LogP contribution is 2.28. The van der Waals surface area contributed by atoms with Gasteiger partial charge in [-0.1, -0.05) is 36.4 Å². The molecule has 0 fully saturated rings. The molecule has 3 aromatic heterocycles. The fourth-order valence-electron chi connectivity index (χ4n) is 3.46. The summed E-state index contributed by atoms with van der Waals surface area (Å²) in [6, 6.07) is 16.6. The lowest BCUT2D eigenvalue weighted by Crippen LogP contribution is -2.23. The molecular formula is C22H20ClN7. The first-order valence-corrected chi connectivity index (χ1v) is 9.40. The number of halogens is 1. The third kappa shape index (κ3) is 3.44. The topological polar surface area (TPSA) is 83.5 Å². The van der Waals surface area contributed by atoms with Crippen molar-refractivity contribution in [2.24, 2.45) is 0 Å². The molecule has 150 valence electrons. The van der Waals surface area contributed by atoms with E-state index in [4.69, 9.17) is 4.98 Å². The van der Waals surface area contributed by atoms with E-state index >= 15 is 0 Å².